The van der Waals surface area contributed by atoms with Crippen LogP contribution in [0.1, 0.15) is 5.56 Å². The maximum absolute atomic E-state index is 12.6. The standard InChI is InChI=1S/C18H14Cl2N2O3S/c1-25-15-8-3-2-7-14(15)21-10-22-17(23)16(26-18(22)24)9-11-12(19)5-4-6-13(11)20/h2-9,21H,10H2,1H3/b16-9-. The van der Waals surface area contributed by atoms with Crippen molar-refractivity contribution < 1.29 is 14.3 Å². The molecule has 0 spiro atoms. The van der Waals surface area contributed by atoms with E-state index in [2.05, 4.69) is 5.32 Å². The Bertz CT molecular complexity index is 882. The summed E-state index contributed by atoms with van der Waals surface area (Å²) in [6.45, 7) is 0.0264. The van der Waals surface area contributed by atoms with Crippen molar-refractivity contribution in [2.75, 3.05) is 19.1 Å². The summed E-state index contributed by atoms with van der Waals surface area (Å²) in [5.41, 5.74) is 1.20. The highest BCUT2D eigenvalue weighted by Crippen LogP contribution is 2.35. The van der Waals surface area contributed by atoms with E-state index in [4.69, 9.17) is 27.9 Å². The molecule has 1 saturated heterocycles. The van der Waals surface area contributed by atoms with E-state index in [0.717, 1.165) is 16.7 Å². The van der Waals surface area contributed by atoms with Gasteiger partial charge in [0.25, 0.3) is 11.1 Å². The Kier molecular flexibility index (Phi) is 5.76. The molecule has 134 valence electrons. The summed E-state index contributed by atoms with van der Waals surface area (Å²) < 4.78 is 5.24. The molecule has 0 unspecified atom stereocenters. The first kappa shape index (κ1) is 18.6. The number of nitrogens with one attached hydrogen (secondary N) is 1. The molecule has 2 aromatic rings. The average Bonchev–Trinajstić information content (AvgIpc) is 2.90. The monoisotopic (exact) mass is 408 g/mol. The van der Waals surface area contributed by atoms with E-state index in [9.17, 15) is 9.59 Å². The van der Waals surface area contributed by atoms with Crippen LogP contribution in [0.25, 0.3) is 6.08 Å². The number of ether oxygens (including phenoxy) is 1. The molecule has 8 heteroatoms. The highest BCUT2D eigenvalue weighted by molar-refractivity contribution is 8.18. The number of nitrogens with zero attached hydrogens (tertiary/aromatic N) is 1. The fourth-order valence-electron chi connectivity index (χ4n) is 2.37. The van der Waals surface area contributed by atoms with Gasteiger partial charge in [-0.25, -0.2) is 0 Å². The highest BCUT2D eigenvalue weighted by atomic mass is 35.5. The molecule has 0 saturated carbocycles. The van der Waals surface area contributed by atoms with Crippen LogP contribution in [-0.2, 0) is 4.79 Å². The van der Waals surface area contributed by atoms with Gasteiger partial charge in [0.2, 0.25) is 0 Å². The molecule has 0 bridgehead atoms. The quantitative estimate of drug-likeness (QED) is 0.696. The number of para-hydroxylation sites is 2. The number of halogens is 2. The summed E-state index contributed by atoms with van der Waals surface area (Å²) in [6, 6.07) is 12.3. The predicted molar refractivity (Wildman–Crippen MR) is 106 cm³/mol. The van der Waals surface area contributed by atoms with Gasteiger partial charge in [-0.3, -0.25) is 14.5 Å². The van der Waals surface area contributed by atoms with Gasteiger partial charge in [-0.1, -0.05) is 41.4 Å². The first-order valence-corrected chi connectivity index (χ1v) is 9.14. The minimum atomic E-state index is -0.404. The molecule has 1 fully saturated rings. The number of anilines is 1. The van der Waals surface area contributed by atoms with Crippen molar-refractivity contribution in [2.24, 2.45) is 0 Å². The van der Waals surface area contributed by atoms with Crippen LogP contribution < -0.4 is 10.1 Å². The second kappa shape index (κ2) is 8.03. The lowest BCUT2D eigenvalue weighted by Gasteiger charge is -2.16. The lowest BCUT2D eigenvalue weighted by molar-refractivity contribution is -0.122. The van der Waals surface area contributed by atoms with Gasteiger partial charge in [0.05, 0.1) is 24.4 Å². The maximum atomic E-state index is 12.6. The first-order valence-electron chi connectivity index (χ1n) is 7.57. The van der Waals surface area contributed by atoms with Crippen LogP contribution in [0.3, 0.4) is 0 Å². The third-order valence-corrected chi connectivity index (χ3v) is 5.25. The zero-order valence-electron chi connectivity index (χ0n) is 13.7. The number of hydrogen-bond donors (Lipinski definition) is 1. The van der Waals surface area contributed by atoms with Crippen molar-refractivity contribution in [1.29, 1.82) is 0 Å². The number of rotatable bonds is 5. The number of amides is 2. The fourth-order valence-corrected chi connectivity index (χ4v) is 3.70. The summed E-state index contributed by atoms with van der Waals surface area (Å²) >= 11 is 13.1. The van der Waals surface area contributed by atoms with E-state index in [1.54, 1.807) is 43.5 Å². The molecule has 1 N–H and O–H groups in total. The molecular weight excluding hydrogens is 395 g/mol. The third-order valence-electron chi connectivity index (χ3n) is 3.68. The van der Waals surface area contributed by atoms with E-state index >= 15 is 0 Å². The van der Waals surface area contributed by atoms with Gasteiger partial charge in [0.15, 0.2) is 0 Å². The summed E-state index contributed by atoms with van der Waals surface area (Å²) in [7, 11) is 1.55. The van der Waals surface area contributed by atoms with Gasteiger partial charge >= 0.3 is 0 Å². The first-order chi connectivity index (χ1) is 12.5. The Balaban J connectivity index is 1.78. The Labute approximate surface area is 164 Å². The van der Waals surface area contributed by atoms with Crippen molar-refractivity contribution in [3.8, 4) is 5.75 Å². The average molecular weight is 409 g/mol. The number of imide groups is 1. The number of carbonyl (C=O) groups excluding carboxylic acids is 2. The minimum Gasteiger partial charge on any atom is -0.495 e. The Morgan fingerprint density at radius 3 is 2.50 bits per heavy atom. The van der Waals surface area contributed by atoms with Crippen molar-refractivity contribution in [3.05, 3.63) is 63.0 Å². The zero-order chi connectivity index (χ0) is 18.7. The highest BCUT2D eigenvalue weighted by Gasteiger charge is 2.35. The van der Waals surface area contributed by atoms with Crippen molar-refractivity contribution in [3.63, 3.8) is 0 Å². The van der Waals surface area contributed by atoms with Gasteiger partial charge in [0, 0.05) is 15.6 Å². The van der Waals surface area contributed by atoms with Crippen LogP contribution in [0.4, 0.5) is 10.5 Å². The molecule has 0 atom stereocenters. The van der Waals surface area contributed by atoms with Gasteiger partial charge in [-0.15, -0.1) is 0 Å². The van der Waals surface area contributed by atoms with E-state index < -0.39 is 5.91 Å². The second-order valence-corrected chi connectivity index (χ2v) is 7.09. The van der Waals surface area contributed by atoms with Gasteiger partial charge in [-0.2, -0.15) is 0 Å². The van der Waals surface area contributed by atoms with Gasteiger partial charge < -0.3 is 10.1 Å². The number of carbonyl (C=O) groups is 2. The van der Waals surface area contributed by atoms with Crippen molar-refractivity contribution >= 4 is 57.9 Å². The van der Waals surface area contributed by atoms with Crippen LogP contribution >= 0.6 is 35.0 Å². The van der Waals surface area contributed by atoms with Crippen LogP contribution in [0.15, 0.2) is 47.4 Å². The van der Waals surface area contributed by atoms with Gasteiger partial charge in [0.1, 0.15) is 5.75 Å². The smallest absolute Gasteiger partial charge is 0.295 e. The fraction of sp³-hybridized carbons (Fsp3) is 0.111. The topological polar surface area (TPSA) is 58.6 Å². The lowest BCUT2D eigenvalue weighted by Crippen LogP contribution is -2.33. The van der Waals surface area contributed by atoms with Crippen LogP contribution in [-0.4, -0.2) is 29.8 Å². The van der Waals surface area contributed by atoms with Crippen LogP contribution in [0.2, 0.25) is 10.0 Å². The summed E-state index contributed by atoms with van der Waals surface area (Å²) in [6.07, 6.45) is 1.54. The molecule has 1 aliphatic rings. The summed E-state index contributed by atoms with van der Waals surface area (Å²) in [4.78, 5) is 26.2. The number of methoxy groups -OCH3 is 1. The molecule has 2 amide bonds. The predicted octanol–water partition coefficient (Wildman–Crippen LogP) is 5.11. The molecule has 3 rings (SSSR count). The second-order valence-electron chi connectivity index (χ2n) is 5.28. The largest absolute Gasteiger partial charge is 0.495 e. The number of benzene rings is 2. The zero-order valence-corrected chi connectivity index (χ0v) is 16.0. The SMILES string of the molecule is COc1ccccc1NCN1C(=O)S/C(=C\c2c(Cl)cccc2Cl)C1=O. The molecular formula is C18H14Cl2N2O3S. The molecule has 0 radical (unpaired) electrons. The van der Waals surface area contributed by atoms with E-state index in [1.807, 2.05) is 12.1 Å². The Hall–Kier alpha value is -2.15. The lowest BCUT2D eigenvalue weighted by atomic mass is 10.2. The number of thioether (sulfide) groups is 1. The van der Waals surface area contributed by atoms with E-state index in [0.29, 0.717) is 27.0 Å². The molecule has 0 aromatic heterocycles. The molecule has 5 nitrogen and oxygen atoms in total. The van der Waals surface area contributed by atoms with E-state index in [1.165, 1.54) is 0 Å². The van der Waals surface area contributed by atoms with Crippen LogP contribution in [0, 0.1) is 0 Å². The molecule has 1 aliphatic heterocycles. The summed E-state index contributed by atoms with van der Waals surface area (Å²) in [5, 5.41) is 3.50. The molecule has 2 aromatic carbocycles. The van der Waals surface area contributed by atoms with Crippen molar-refractivity contribution in [2.45, 2.75) is 0 Å². The normalized spacial score (nSPS) is 15.7. The maximum Gasteiger partial charge on any atom is 0.295 e. The molecule has 1 heterocycles. The molecule has 0 aliphatic carbocycles. The Morgan fingerprint density at radius 1 is 1.12 bits per heavy atom. The van der Waals surface area contributed by atoms with Crippen molar-refractivity contribution in [1.82, 2.24) is 4.90 Å². The Morgan fingerprint density at radius 2 is 1.81 bits per heavy atom. The number of hydrogen-bond acceptors (Lipinski definition) is 5. The third kappa shape index (κ3) is 3.82. The minimum absolute atomic E-state index is 0.0264. The van der Waals surface area contributed by atoms with Crippen LogP contribution in [0.5, 0.6) is 5.75 Å². The molecule has 26 heavy (non-hydrogen) atoms. The summed E-state index contributed by atoms with van der Waals surface area (Å²) in [5.74, 6) is 0.219. The van der Waals surface area contributed by atoms with Gasteiger partial charge in [-0.05, 0) is 42.1 Å². The van der Waals surface area contributed by atoms with E-state index in [-0.39, 0.29) is 16.8 Å².